The highest BCUT2D eigenvalue weighted by Gasteiger charge is 2.70. The van der Waals surface area contributed by atoms with Gasteiger partial charge in [-0.2, -0.15) is 0 Å². The molecule has 220 valence electrons. The molecule has 39 heavy (non-hydrogen) atoms. The van der Waals surface area contributed by atoms with E-state index in [4.69, 9.17) is 23.2 Å². The van der Waals surface area contributed by atoms with Gasteiger partial charge in [-0.15, -0.1) is 0 Å². The lowest BCUT2D eigenvalue weighted by Crippen LogP contribution is -2.61. The summed E-state index contributed by atoms with van der Waals surface area (Å²) in [5.41, 5.74) is -4.16. The molecule has 0 bridgehead atoms. The van der Waals surface area contributed by atoms with E-state index in [1.54, 1.807) is 34.6 Å². The van der Waals surface area contributed by atoms with Crippen molar-refractivity contribution in [2.45, 2.75) is 83.8 Å². The topological polar surface area (TPSA) is 128 Å². The first-order valence-corrected chi connectivity index (χ1v) is 13.7. The number of nitrogens with one attached hydrogen (secondary N) is 3. The lowest BCUT2D eigenvalue weighted by molar-refractivity contribution is -0.151. The van der Waals surface area contributed by atoms with Crippen LogP contribution in [0.3, 0.4) is 0 Å². The van der Waals surface area contributed by atoms with Gasteiger partial charge in [0.2, 0.25) is 11.8 Å². The average molecular weight is 597 g/mol. The molecule has 0 aromatic rings. The standard InChI is InChI=1S/C25H37Cl2F2N5O5/c1-23(2,3)15(30-20(37)16(26)28)21(38)33-10-12-13(25(12,6)7)14(33)19(36)32-34(22(39)17(27)29)9-11-8-24(4,5)31-18(11)35/h11-17H,8-10H2,1-7H3,(H,30,37)(H,31,35)(H,32,36)/t11-,12-,13-,14-,15+,16+,17+/m0/s1. The fourth-order valence-corrected chi connectivity index (χ4v) is 6.08. The summed E-state index contributed by atoms with van der Waals surface area (Å²) in [6.45, 7) is 12.4. The minimum atomic E-state index is -2.47. The van der Waals surface area contributed by atoms with E-state index in [-0.39, 0.29) is 36.2 Å². The van der Waals surface area contributed by atoms with Gasteiger partial charge in [0, 0.05) is 12.1 Å². The van der Waals surface area contributed by atoms with Gasteiger partial charge < -0.3 is 15.5 Å². The summed E-state index contributed by atoms with van der Waals surface area (Å²) < 4.78 is 27.4. The fraction of sp³-hybridized carbons (Fsp3) is 0.800. The molecule has 0 aromatic heterocycles. The molecule has 0 unspecified atom stereocenters. The highest BCUT2D eigenvalue weighted by Crippen LogP contribution is 2.65. The van der Waals surface area contributed by atoms with Crippen LogP contribution in [0.25, 0.3) is 0 Å². The molecule has 0 radical (unpaired) electrons. The van der Waals surface area contributed by atoms with Gasteiger partial charge in [0.05, 0.1) is 12.5 Å². The van der Waals surface area contributed by atoms with E-state index in [1.807, 2.05) is 13.8 Å². The lowest BCUT2D eigenvalue weighted by Gasteiger charge is -2.38. The zero-order valence-corrected chi connectivity index (χ0v) is 24.6. The maximum atomic E-state index is 13.9. The molecule has 3 aliphatic rings. The summed E-state index contributed by atoms with van der Waals surface area (Å²) in [5.74, 6) is -5.23. The monoisotopic (exact) mass is 595 g/mol. The van der Waals surface area contributed by atoms with E-state index in [9.17, 15) is 32.8 Å². The number of alkyl halides is 4. The van der Waals surface area contributed by atoms with Gasteiger partial charge in [0.15, 0.2) is 0 Å². The van der Waals surface area contributed by atoms with Gasteiger partial charge in [-0.05, 0) is 42.9 Å². The minimum absolute atomic E-state index is 0.0528. The fourth-order valence-electron chi connectivity index (χ4n) is 5.90. The van der Waals surface area contributed by atoms with Crippen molar-refractivity contribution in [2.24, 2.45) is 28.6 Å². The van der Waals surface area contributed by atoms with Gasteiger partial charge in [-0.3, -0.25) is 29.4 Å². The number of likely N-dealkylation sites (tertiary alicyclic amines) is 1. The van der Waals surface area contributed by atoms with Crippen LogP contribution in [0.4, 0.5) is 8.78 Å². The Hall–Kier alpha value is -2.21. The van der Waals surface area contributed by atoms with Crippen molar-refractivity contribution < 1.29 is 32.8 Å². The Kier molecular flexibility index (Phi) is 8.55. The molecule has 2 saturated heterocycles. The smallest absolute Gasteiger partial charge is 0.291 e. The molecular formula is C25H37Cl2F2N5O5. The second kappa shape index (κ2) is 10.6. The minimum Gasteiger partial charge on any atom is -0.351 e. The highest BCUT2D eigenvalue weighted by atomic mass is 35.5. The van der Waals surface area contributed by atoms with Crippen LogP contribution in [-0.2, 0) is 24.0 Å². The van der Waals surface area contributed by atoms with Gasteiger partial charge in [0.1, 0.15) is 12.1 Å². The molecule has 3 fully saturated rings. The first kappa shape index (κ1) is 31.3. The van der Waals surface area contributed by atoms with Crippen LogP contribution in [-0.4, -0.2) is 81.4 Å². The number of carbonyl (C=O) groups excluding carboxylic acids is 5. The van der Waals surface area contributed by atoms with E-state index in [0.717, 1.165) is 0 Å². The van der Waals surface area contributed by atoms with Crippen molar-refractivity contribution in [3.05, 3.63) is 0 Å². The van der Waals surface area contributed by atoms with Crippen LogP contribution in [0.1, 0.15) is 54.9 Å². The first-order valence-electron chi connectivity index (χ1n) is 12.8. The van der Waals surface area contributed by atoms with E-state index >= 15 is 0 Å². The number of carbonyl (C=O) groups is 5. The van der Waals surface area contributed by atoms with Gasteiger partial charge in [0.25, 0.3) is 29.0 Å². The Bertz CT molecular complexity index is 1050. The third kappa shape index (κ3) is 6.42. The molecule has 0 aromatic carbocycles. The summed E-state index contributed by atoms with van der Waals surface area (Å²) in [6, 6.07) is -2.29. The Balaban J connectivity index is 1.87. The summed E-state index contributed by atoms with van der Waals surface area (Å²) in [7, 11) is 0. The normalized spacial score (nSPS) is 29.0. The molecule has 3 rings (SSSR count). The predicted octanol–water partition coefficient (Wildman–Crippen LogP) is 1.84. The largest absolute Gasteiger partial charge is 0.351 e. The molecule has 0 spiro atoms. The van der Waals surface area contributed by atoms with Gasteiger partial charge in [-0.1, -0.05) is 57.8 Å². The molecule has 10 nitrogen and oxygen atoms in total. The Morgan fingerprint density at radius 1 is 1.13 bits per heavy atom. The number of nitrogens with zero attached hydrogens (tertiary/aromatic N) is 2. The molecule has 5 amide bonds. The summed E-state index contributed by atoms with van der Waals surface area (Å²) >= 11 is 10.7. The number of halogens is 4. The second-order valence-corrected chi connectivity index (χ2v) is 13.8. The lowest BCUT2D eigenvalue weighted by atomic mass is 9.85. The molecule has 14 heteroatoms. The maximum absolute atomic E-state index is 13.9. The molecular weight excluding hydrogens is 559 g/mol. The summed E-state index contributed by atoms with van der Waals surface area (Å²) in [4.78, 5) is 65.8. The second-order valence-electron chi connectivity index (χ2n) is 13.0. The Morgan fingerprint density at radius 3 is 2.18 bits per heavy atom. The SMILES string of the molecule is CC1(C)C[C@@H](CN(NC(=O)[C@@H]2[C@@H]3[C@H](CN2C(=O)[C@@H](NC(=O)[C@@H](F)Cl)C(C)(C)C)C3(C)C)C(=O)[C@@H](F)Cl)C(=O)N1. The van der Waals surface area contributed by atoms with Crippen LogP contribution >= 0.6 is 23.2 Å². The van der Waals surface area contributed by atoms with Crippen LogP contribution in [0.2, 0.25) is 0 Å². The summed E-state index contributed by atoms with van der Waals surface area (Å²) in [5, 5.41) is 5.81. The molecule has 1 saturated carbocycles. The van der Waals surface area contributed by atoms with Crippen molar-refractivity contribution >= 4 is 52.7 Å². The third-order valence-electron chi connectivity index (χ3n) is 8.05. The zero-order chi connectivity index (χ0) is 29.8. The number of hydrogen-bond donors (Lipinski definition) is 3. The zero-order valence-electron chi connectivity index (χ0n) is 23.1. The van der Waals surface area contributed by atoms with E-state index in [0.29, 0.717) is 11.4 Å². The number of hydrazine groups is 1. The number of hydrogen-bond acceptors (Lipinski definition) is 5. The van der Waals surface area contributed by atoms with Gasteiger partial charge in [-0.25, -0.2) is 13.8 Å². The number of amides is 5. The molecule has 7 atom stereocenters. The predicted molar refractivity (Wildman–Crippen MR) is 139 cm³/mol. The van der Waals surface area contributed by atoms with E-state index < -0.39 is 63.8 Å². The van der Waals surface area contributed by atoms with Crippen LogP contribution in [0.15, 0.2) is 0 Å². The van der Waals surface area contributed by atoms with Crippen molar-refractivity contribution in [1.82, 2.24) is 26.0 Å². The maximum Gasteiger partial charge on any atom is 0.291 e. The average Bonchev–Trinajstić information content (AvgIpc) is 3.08. The number of fused-ring (bicyclic) bond motifs is 1. The van der Waals surface area contributed by atoms with Crippen molar-refractivity contribution in [2.75, 3.05) is 13.1 Å². The molecule has 2 aliphatic heterocycles. The van der Waals surface area contributed by atoms with Crippen molar-refractivity contribution in [3.8, 4) is 0 Å². The van der Waals surface area contributed by atoms with Crippen LogP contribution in [0.5, 0.6) is 0 Å². The number of piperidine rings is 1. The van der Waals surface area contributed by atoms with E-state index in [2.05, 4.69) is 16.1 Å². The molecule has 3 N–H and O–H groups in total. The van der Waals surface area contributed by atoms with Gasteiger partial charge >= 0.3 is 0 Å². The quantitative estimate of drug-likeness (QED) is 0.306. The number of rotatable bonds is 7. The highest BCUT2D eigenvalue weighted by molar-refractivity contribution is 6.30. The first-order chi connectivity index (χ1) is 17.7. The van der Waals surface area contributed by atoms with Crippen molar-refractivity contribution in [1.29, 1.82) is 0 Å². The van der Waals surface area contributed by atoms with Crippen molar-refractivity contribution in [3.63, 3.8) is 0 Å². The Labute approximate surface area is 236 Å². The van der Waals surface area contributed by atoms with E-state index in [1.165, 1.54) is 4.90 Å². The van der Waals surface area contributed by atoms with Crippen LogP contribution in [0, 0.1) is 28.6 Å². The van der Waals surface area contributed by atoms with Crippen LogP contribution < -0.4 is 16.1 Å². The molecule has 2 heterocycles. The third-order valence-corrected chi connectivity index (χ3v) is 8.43. The Morgan fingerprint density at radius 2 is 1.72 bits per heavy atom. The summed E-state index contributed by atoms with van der Waals surface area (Å²) in [6.07, 6.45) is 0.333. The molecule has 1 aliphatic carbocycles.